The first kappa shape index (κ1) is 14.4. The van der Waals surface area contributed by atoms with Gasteiger partial charge in [-0.2, -0.15) is 35.7 Å². The molecule has 0 heterocycles. The van der Waals surface area contributed by atoms with E-state index in [4.69, 9.17) is 23.2 Å². The Morgan fingerprint density at radius 1 is 1.09 bits per heavy atom. The van der Waals surface area contributed by atoms with Crippen molar-refractivity contribution in [3.05, 3.63) is 40.7 Å². The minimum atomic E-state index is 0. The van der Waals surface area contributed by atoms with Crippen LogP contribution in [0.5, 0.6) is 0 Å². The smallest absolute Gasteiger partial charge is 1.00 e. The van der Waals surface area contributed by atoms with Crippen molar-refractivity contribution >= 4 is 46.3 Å². The van der Waals surface area contributed by atoms with Gasteiger partial charge in [0.25, 0.3) is 0 Å². The summed E-state index contributed by atoms with van der Waals surface area (Å²) in [5.41, 5.74) is 0.695. The van der Waals surface area contributed by atoms with E-state index in [-0.39, 0.29) is 40.0 Å². The largest absolute Gasteiger partial charge is 2.00 e. The molecule has 0 N–H and O–H groups in total. The summed E-state index contributed by atoms with van der Waals surface area (Å²) in [7, 11) is 0. The van der Waals surface area contributed by atoms with Gasteiger partial charge in [-0.05, 0) is 0 Å². The second-order valence-electron chi connectivity index (χ2n) is 1.70. The average Bonchev–Trinajstić information content (AvgIpc) is 1.83. The number of hydrogen-bond donors (Lipinski definition) is 0. The molecule has 0 amide bonds. The third kappa shape index (κ3) is 3.90. The van der Waals surface area contributed by atoms with Crippen molar-refractivity contribution in [3.8, 4) is 0 Å². The van der Waals surface area contributed by atoms with Crippen molar-refractivity contribution in [3.63, 3.8) is 0 Å². The van der Waals surface area contributed by atoms with E-state index in [2.05, 4.69) is 6.92 Å². The van der Waals surface area contributed by atoms with E-state index in [0.717, 1.165) is 0 Å². The number of benzene rings is 1. The van der Waals surface area contributed by atoms with E-state index in [9.17, 15) is 0 Å². The van der Waals surface area contributed by atoms with E-state index in [1.165, 1.54) is 0 Å². The Hall–Kier alpha value is 0.916. The first-order chi connectivity index (χ1) is 4.22. The Morgan fingerprint density at radius 3 is 1.73 bits per heavy atom. The zero-order valence-electron chi connectivity index (χ0n) is 5.78. The van der Waals surface area contributed by atoms with Gasteiger partial charge in [-0.15, -0.1) is 12.1 Å². The molecule has 1 aromatic rings. The normalized spacial score (nSPS) is 7.82. The van der Waals surface area contributed by atoms with E-state index >= 15 is 0 Å². The van der Waals surface area contributed by atoms with Crippen LogP contribution < -0.4 is 17.0 Å². The van der Waals surface area contributed by atoms with Crippen LogP contribution >= 0.6 is 23.2 Å². The molecule has 0 saturated heterocycles. The summed E-state index contributed by atoms with van der Waals surface area (Å²) in [6, 6.07) is 5.31. The predicted octanol–water partition coefficient (Wildman–Crippen LogP) is -0.201. The molecule has 0 aliphatic rings. The van der Waals surface area contributed by atoms with Crippen LogP contribution in [0.2, 0.25) is 10.0 Å². The van der Waals surface area contributed by atoms with Gasteiger partial charge in [-0.3, -0.25) is 0 Å². The molecule has 0 aromatic heterocycles. The molecule has 0 fully saturated rings. The molecule has 1 rings (SSSR count). The van der Waals surface area contributed by atoms with Gasteiger partial charge in [-0.25, -0.2) is 0 Å². The minimum absolute atomic E-state index is 0. The van der Waals surface area contributed by atoms with Gasteiger partial charge < -0.3 is 17.0 Å². The fourth-order valence-electron chi connectivity index (χ4n) is 0.532. The molecule has 0 saturated carbocycles. The molecule has 0 aliphatic heterocycles. The Balaban J connectivity index is 0. The van der Waals surface area contributed by atoms with Crippen LogP contribution in [0.25, 0.3) is 0 Å². The molecule has 0 spiro atoms. The summed E-state index contributed by atoms with van der Waals surface area (Å²) >= 11 is 11.3. The zero-order valence-corrected chi connectivity index (χ0v) is 10.3. The van der Waals surface area contributed by atoms with Gasteiger partial charge in [0.2, 0.25) is 0 Å². The maximum Gasteiger partial charge on any atom is 2.00 e. The quantitative estimate of drug-likeness (QED) is 0.450. The zero-order chi connectivity index (χ0) is 6.85. The molecule has 1 aromatic carbocycles. The van der Waals surface area contributed by atoms with E-state index < -0.39 is 0 Å². The van der Waals surface area contributed by atoms with Crippen molar-refractivity contribution < 1.29 is 17.0 Å². The van der Waals surface area contributed by atoms with Crippen LogP contribution in [0.4, 0.5) is 0 Å². The Kier molecular flexibility index (Phi) is 8.45. The van der Waals surface area contributed by atoms with E-state index in [1.807, 2.05) is 0 Å². The number of hydrogen-bond acceptors (Lipinski definition) is 0. The molecule has 0 bridgehead atoms. The van der Waals surface area contributed by atoms with Crippen molar-refractivity contribution in [2.45, 2.75) is 0 Å². The van der Waals surface area contributed by atoms with Crippen LogP contribution in [0.15, 0.2) is 18.2 Å². The average molecular weight is 264 g/mol. The van der Waals surface area contributed by atoms with Crippen molar-refractivity contribution in [1.29, 1.82) is 0 Å². The monoisotopic (exact) mass is 262 g/mol. The molecule has 0 unspecified atom stereocenters. The van der Waals surface area contributed by atoms with Gasteiger partial charge in [0.05, 0.1) is 0 Å². The van der Waals surface area contributed by atoms with Crippen molar-refractivity contribution in [2.24, 2.45) is 0 Å². The maximum absolute atomic E-state index is 5.67. The molecular formula is C7H5BrCl2Mg. The molecule has 4 heteroatoms. The second kappa shape index (κ2) is 6.43. The molecule has 56 valence electrons. The summed E-state index contributed by atoms with van der Waals surface area (Å²) in [5, 5.41) is 1.23. The minimum Gasteiger partial charge on any atom is -1.00 e. The van der Waals surface area contributed by atoms with Gasteiger partial charge >= 0.3 is 23.1 Å². The van der Waals surface area contributed by atoms with Crippen LogP contribution in [0.3, 0.4) is 0 Å². The summed E-state index contributed by atoms with van der Waals surface area (Å²) < 4.78 is 0. The first-order valence-corrected chi connectivity index (χ1v) is 3.23. The molecule has 0 radical (unpaired) electrons. The maximum atomic E-state index is 5.67. The molecule has 0 aliphatic carbocycles. The Labute approximate surface area is 103 Å². The summed E-state index contributed by atoms with van der Waals surface area (Å²) in [4.78, 5) is 0. The van der Waals surface area contributed by atoms with Crippen molar-refractivity contribution in [2.75, 3.05) is 0 Å². The number of rotatable bonds is 0. The Morgan fingerprint density at radius 2 is 1.45 bits per heavy atom. The van der Waals surface area contributed by atoms with Crippen LogP contribution in [-0.2, 0) is 0 Å². The van der Waals surface area contributed by atoms with Crippen LogP contribution in [-0.4, -0.2) is 23.1 Å². The Bertz CT molecular complexity index is 207. The van der Waals surface area contributed by atoms with Gasteiger partial charge in [-0.1, -0.05) is 16.1 Å². The predicted molar refractivity (Wildman–Crippen MR) is 46.7 cm³/mol. The van der Waals surface area contributed by atoms with Crippen LogP contribution in [0.1, 0.15) is 5.56 Å². The fourth-order valence-corrected chi connectivity index (χ4v) is 0.930. The van der Waals surface area contributed by atoms with E-state index in [0.29, 0.717) is 15.6 Å². The molecular weight excluding hydrogens is 259 g/mol. The standard InChI is InChI=1S/C7H5Cl2.BrH.Mg/c1-5-6(8)3-2-4-7(5)9;;/h2-4H,1H2;1H;/q-1;;+2/p-1. The molecule has 0 atom stereocenters. The topological polar surface area (TPSA) is 0 Å². The SMILES string of the molecule is [Br-].[CH2-]c1c(Cl)cccc1Cl.[Mg+2]. The third-order valence-electron chi connectivity index (χ3n) is 1.06. The van der Waals surface area contributed by atoms with E-state index in [1.54, 1.807) is 18.2 Å². The third-order valence-corrected chi connectivity index (χ3v) is 1.77. The second-order valence-corrected chi connectivity index (χ2v) is 2.51. The van der Waals surface area contributed by atoms with Gasteiger partial charge in [0.1, 0.15) is 0 Å². The number of halogens is 3. The summed E-state index contributed by atoms with van der Waals surface area (Å²) in [6.07, 6.45) is 0. The first-order valence-electron chi connectivity index (χ1n) is 2.48. The molecule has 11 heavy (non-hydrogen) atoms. The van der Waals surface area contributed by atoms with Gasteiger partial charge in [0, 0.05) is 0 Å². The summed E-state index contributed by atoms with van der Waals surface area (Å²) in [6.45, 7) is 3.66. The van der Waals surface area contributed by atoms with Gasteiger partial charge in [0.15, 0.2) is 0 Å². The molecule has 0 nitrogen and oxygen atoms in total. The van der Waals surface area contributed by atoms with Crippen LogP contribution in [0, 0.1) is 6.92 Å². The summed E-state index contributed by atoms with van der Waals surface area (Å²) in [5.74, 6) is 0. The fraction of sp³-hybridized carbons (Fsp3) is 0. The van der Waals surface area contributed by atoms with Crippen molar-refractivity contribution in [1.82, 2.24) is 0 Å².